The highest BCUT2D eigenvalue weighted by Gasteiger charge is 2.17. The smallest absolute Gasteiger partial charge is 0.0626 e. The van der Waals surface area contributed by atoms with E-state index in [0.717, 1.165) is 0 Å². The van der Waals surface area contributed by atoms with Gasteiger partial charge in [0.2, 0.25) is 0 Å². The van der Waals surface area contributed by atoms with Crippen LogP contribution in [0, 0.1) is 0 Å². The van der Waals surface area contributed by atoms with Crippen molar-refractivity contribution in [2.24, 2.45) is 0 Å². The van der Waals surface area contributed by atoms with E-state index in [4.69, 9.17) is 0 Å². The molecule has 15 heavy (non-hydrogen) atoms. The van der Waals surface area contributed by atoms with Gasteiger partial charge in [-0.05, 0) is 24.3 Å². The van der Waals surface area contributed by atoms with Gasteiger partial charge in [0.05, 0.1) is 10.9 Å². The lowest BCUT2D eigenvalue weighted by Gasteiger charge is -2.00. The van der Waals surface area contributed by atoms with E-state index in [1.165, 1.54) is 9.79 Å². The SMILES string of the molecule is C[S+](c1ccccc1)c1ccccc1.[BH4-]. The molecule has 0 fully saturated rings. The summed E-state index contributed by atoms with van der Waals surface area (Å²) >= 11 is 0. The molecule has 2 heteroatoms. The molecule has 0 aliphatic rings. The number of benzene rings is 2. The fourth-order valence-corrected chi connectivity index (χ4v) is 2.79. The van der Waals surface area contributed by atoms with Crippen molar-refractivity contribution in [3.8, 4) is 0 Å². The molecule has 0 saturated heterocycles. The fraction of sp³-hybridized carbons (Fsp3) is 0.0769. The lowest BCUT2D eigenvalue weighted by Crippen LogP contribution is -1.99. The van der Waals surface area contributed by atoms with E-state index in [-0.39, 0.29) is 19.3 Å². The molecule has 0 nitrogen and oxygen atoms in total. The summed E-state index contributed by atoms with van der Waals surface area (Å²) in [7, 11) is 0.203. The predicted molar refractivity (Wildman–Crippen MR) is 74.0 cm³/mol. The second-order valence-electron chi connectivity index (χ2n) is 3.14. The van der Waals surface area contributed by atoms with Crippen LogP contribution in [-0.4, -0.2) is 14.7 Å². The highest BCUT2D eigenvalue weighted by molar-refractivity contribution is 7.96. The first-order valence-electron chi connectivity index (χ1n) is 4.64. The van der Waals surface area contributed by atoms with Crippen molar-refractivity contribution in [3.63, 3.8) is 0 Å². The van der Waals surface area contributed by atoms with Crippen LogP contribution in [0.3, 0.4) is 0 Å². The summed E-state index contributed by atoms with van der Waals surface area (Å²) < 4.78 is 0. The number of hydrogen-bond donors (Lipinski definition) is 0. The molecule has 0 N–H and O–H groups in total. The van der Waals surface area contributed by atoms with E-state index < -0.39 is 0 Å². The second-order valence-corrected chi connectivity index (χ2v) is 5.10. The third-order valence-electron chi connectivity index (χ3n) is 2.19. The van der Waals surface area contributed by atoms with Gasteiger partial charge >= 0.3 is 0 Å². The molecule has 0 amide bonds. The molecule has 0 spiro atoms. The monoisotopic (exact) mass is 216 g/mol. The van der Waals surface area contributed by atoms with Crippen molar-refractivity contribution >= 4 is 19.3 Å². The topological polar surface area (TPSA) is 0 Å². The van der Waals surface area contributed by atoms with Crippen molar-refractivity contribution in [1.29, 1.82) is 0 Å². The zero-order valence-corrected chi connectivity index (χ0v) is 9.00. The highest BCUT2D eigenvalue weighted by atomic mass is 32.2. The maximum Gasteiger partial charge on any atom is 0.160 e. The molecule has 0 saturated carbocycles. The average molecular weight is 216 g/mol. The standard InChI is InChI=1S/C13H13S.BH4/c1-14(12-8-4-2-5-9-12)13-10-6-3-7-11-13;/h2-11H,1H3;1H4/q+1;-1. The van der Waals surface area contributed by atoms with Crippen LogP contribution in [0.25, 0.3) is 0 Å². The Kier molecular flexibility index (Phi) is 4.51. The molecule has 2 aromatic rings. The van der Waals surface area contributed by atoms with E-state index in [1.807, 2.05) is 0 Å². The molecule has 0 aliphatic heterocycles. The minimum Gasteiger partial charge on any atom is -0.0626 e. The van der Waals surface area contributed by atoms with Gasteiger partial charge in [0.1, 0.15) is 6.26 Å². The molecule has 0 heterocycles. The molecule has 0 radical (unpaired) electrons. The van der Waals surface area contributed by atoms with Gasteiger partial charge in [-0.1, -0.05) is 44.8 Å². The maximum absolute atomic E-state index is 2.27. The van der Waals surface area contributed by atoms with Crippen LogP contribution in [0.5, 0.6) is 0 Å². The van der Waals surface area contributed by atoms with Crippen molar-refractivity contribution in [2.45, 2.75) is 9.79 Å². The number of hydrogen-bond acceptors (Lipinski definition) is 0. The highest BCUT2D eigenvalue weighted by Crippen LogP contribution is 2.19. The molecule has 0 unspecified atom stereocenters. The van der Waals surface area contributed by atoms with E-state index in [1.54, 1.807) is 0 Å². The van der Waals surface area contributed by atoms with Gasteiger partial charge in [0.15, 0.2) is 9.79 Å². The Morgan fingerprint density at radius 3 is 1.33 bits per heavy atom. The Labute approximate surface area is 96.3 Å². The van der Waals surface area contributed by atoms with Crippen molar-refractivity contribution in [3.05, 3.63) is 60.7 Å². The quantitative estimate of drug-likeness (QED) is 0.531. The number of rotatable bonds is 2. The predicted octanol–water partition coefficient (Wildman–Crippen LogP) is 1.90. The molecule has 0 aromatic heterocycles. The largest absolute Gasteiger partial charge is 0.160 e. The van der Waals surface area contributed by atoms with Crippen molar-refractivity contribution in [1.82, 2.24) is 0 Å². The van der Waals surface area contributed by atoms with Gasteiger partial charge in [-0.3, -0.25) is 0 Å². The lowest BCUT2D eigenvalue weighted by atomic mass is 10.4. The average Bonchev–Trinajstić information content (AvgIpc) is 2.30. The second kappa shape index (κ2) is 5.67. The zero-order valence-electron chi connectivity index (χ0n) is 8.18. The molecular weight excluding hydrogens is 199 g/mol. The third kappa shape index (κ3) is 2.90. The summed E-state index contributed by atoms with van der Waals surface area (Å²) in [4.78, 5) is 2.80. The van der Waals surface area contributed by atoms with Crippen LogP contribution in [0.2, 0.25) is 0 Å². The zero-order chi connectivity index (χ0) is 9.80. The summed E-state index contributed by atoms with van der Waals surface area (Å²) in [5, 5.41) is 0. The third-order valence-corrected chi connectivity index (χ3v) is 4.15. The van der Waals surface area contributed by atoms with Gasteiger partial charge in [-0.15, -0.1) is 0 Å². The van der Waals surface area contributed by atoms with E-state index >= 15 is 0 Å². The Hall–Kier alpha value is -1.15. The van der Waals surface area contributed by atoms with Crippen LogP contribution in [0.15, 0.2) is 70.5 Å². The van der Waals surface area contributed by atoms with E-state index in [2.05, 4.69) is 66.9 Å². The van der Waals surface area contributed by atoms with Crippen molar-refractivity contribution in [2.75, 3.05) is 6.26 Å². The van der Waals surface area contributed by atoms with Gasteiger partial charge in [0.25, 0.3) is 0 Å². The molecule has 0 atom stereocenters. The summed E-state index contributed by atoms with van der Waals surface area (Å²) in [5.41, 5.74) is 0. The first-order chi connectivity index (χ1) is 6.88. The summed E-state index contributed by atoms with van der Waals surface area (Å²) in [6, 6.07) is 21.3. The Balaban J connectivity index is 0.00000112. The van der Waals surface area contributed by atoms with Crippen molar-refractivity contribution < 1.29 is 0 Å². The van der Waals surface area contributed by atoms with E-state index in [0.29, 0.717) is 0 Å². The van der Waals surface area contributed by atoms with Crippen LogP contribution >= 0.6 is 0 Å². The molecule has 0 bridgehead atoms. The maximum atomic E-state index is 2.27. The summed E-state index contributed by atoms with van der Waals surface area (Å²) in [6.07, 6.45) is 2.27. The van der Waals surface area contributed by atoms with Crippen LogP contribution in [0.4, 0.5) is 0 Å². The van der Waals surface area contributed by atoms with Crippen LogP contribution in [0.1, 0.15) is 0 Å². The summed E-state index contributed by atoms with van der Waals surface area (Å²) in [6.45, 7) is 0. The van der Waals surface area contributed by atoms with Gasteiger partial charge in [0, 0.05) is 0 Å². The Bertz CT molecular complexity index is 346. The Morgan fingerprint density at radius 1 is 0.667 bits per heavy atom. The molecule has 2 aromatic carbocycles. The van der Waals surface area contributed by atoms with Gasteiger partial charge in [-0.25, -0.2) is 0 Å². The first-order valence-corrected chi connectivity index (χ1v) is 6.27. The molecule has 0 aliphatic carbocycles. The van der Waals surface area contributed by atoms with Crippen LogP contribution < -0.4 is 0 Å². The first kappa shape index (κ1) is 11.9. The molecule has 78 valence electrons. The molecular formula is C13H17BS. The minimum absolute atomic E-state index is 0. The Morgan fingerprint density at radius 2 is 1.00 bits per heavy atom. The van der Waals surface area contributed by atoms with E-state index in [9.17, 15) is 0 Å². The van der Waals surface area contributed by atoms with Gasteiger partial charge < -0.3 is 0 Å². The van der Waals surface area contributed by atoms with Crippen LogP contribution in [-0.2, 0) is 10.9 Å². The summed E-state index contributed by atoms with van der Waals surface area (Å²) in [5.74, 6) is 0. The minimum atomic E-state index is 0. The molecule has 2 rings (SSSR count). The lowest BCUT2D eigenvalue weighted by molar-refractivity contribution is 1.38. The van der Waals surface area contributed by atoms with Gasteiger partial charge in [-0.2, -0.15) is 0 Å². The fourth-order valence-electron chi connectivity index (χ4n) is 1.39. The normalized spacial score (nSPS) is 9.73.